The molecule has 0 aliphatic carbocycles. The van der Waals surface area contributed by atoms with Crippen LogP contribution in [0.3, 0.4) is 0 Å². The average Bonchev–Trinajstić information content (AvgIpc) is 3.28. The average molecular weight is 889 g/mol. The highest BCUT2D eigenvalue weighted by Crippen LogP contribution is 2.17. The number of esters is 3. The summed E-state index contributed by atoms with van der Waals surface area (Å²) in [7, 11) is 0. The molecule has 0 bridgehead atoms. The molecule has 0 aliphatic rings. The Labute approximate surface area is 392 Å². The second-order valence-corrected chi connectivity index (χ2v) is 19.2. The minimum Gasteiger partial charge on any atom is -0.462 e. The minimum absolute atomic E-state index is 0.0682. The molecule has 6 heteroatoms. The van der Waals surface area contributed by atoms with Gasteiger partial charge in [-0.2, -0.15) is 0 Å². The normalized spacial score (nSPS) is 12.0. The molecule has 1 atom stereocenters. The van der Waals surface area contributed by atoms with E-state index in [1.165, 1.54) is 212 Å². The highest BCUT2D eigenvalue weighted by atomic mass is 16.6. The number of unbranched alkanes of at least 4 members (excludes halogenated alkanes) is 39. The van der Waals surface area contributed by atoms with Gasteiger partial charge in [-0.25, -0.2) is 0 Å². The maximum Gasteiger partial charge on any atom is 0.306 e. The molecule has 0 aromatic heterocycles. The first-order valence-electron chi connectivity index (χ1n) is 28.2. The molecule has 63 heavy (non-hydrogen) atoms. The molecule has 0 aromatic rings. The van der Waals surface area contributed by atoms with E-state index in [4.69, 9.17) is 14.2 Å². The topological polar surface area (TPSA) is 78.9 Å². The smallest absolute Gasteiger partial charge is 0.306 e. The molecular formula is C57H108O6. The van der Waals surface area contributed by atoms with Gasteiger partial charge in [0.1, 0.15) is 13.2 Å². The van der Waals surface area contributed by atoms with Gasteiger partial charge >= 0.3 is 17.9 Å². The van der Waals surface area contributed by atoms with Crippen LogP contribution in [0.2, 0.25) is 0 Å². The van der Waals surface area contributed by atoms with Crippen LogP contribution in [0.1, 0.15) is 316 Å². The lowest BCUT2D eigenvalue weighted by Gasteiger charge is -2.18. The Morgan fingerprint density at radius 2 is 0.524 bits per heavy atom. The molecule has 372 valence electrons. The predicted molar refractivity (Wildman–Crippen MR) is 270 cm³/mol. The quantitative estimate of drug-likeness (QED) is 0.0262. The lowest BCUT2D eigenvalue weighted by molar-refractivity contribution is -0.167. The van der Waals surface area contributed by atoms with Gasteiger partial charge in [-0.1, -0.05) is 264 Å². The van der Waals surface area contributed by atoms with E-state index in [1.807, 2.05) is 0 Å². The van der Waals surface area contributed by atoms with Crippen LogP contribution < -0.4 is 0 Å². The molecule has 0 saturated carbocycles. The van der Waals surface area contributed by atoms with Crippen molar-refractivity contribution in [3.05, 3.63) is 12.2 Å². The summed E-state index contributed by atoms with van der Waals surface area (Å²) in [4.78, 5) is 37.9. The first kappa shape index (κ1) is 61.1. The van der Waals surface area contributed by atoms with Gasteiger partial charge in [-0.3, -0.25) is 14.4 Å². The van der Waals surface area contributed by atoms with Crippen molar-refractivity contribution in [2.75, 3.05) is 13.2 Å². The zero-order chi connectivity index (χ0) is 45.8. The zero-order valence-corrected chi connectivity index (χ0v) is 42.6. The first-order valence-corrected chi connectivity index (χ1v) is 28.2. The Morgan fingerprint density at radius 3 is 0.794 bits per heavy atom. The molecule has 0 amide bonds. The number of hydrogen-bond donors (Lipinski definition) is 0. The lowest BCUT2D eigenvalue weighted by atomic mass is 10.0. The summed E-state index contributed by atoms with van der Waals surface area (Å²) in [5.41, 5.74) is 0. The summed E-state index contributed by atoms with van der Waals surface area (Å²) < 4.78 is 16.8. The summed E-state index contributed by atoms with van der Waals surface area (Å²) >= 11 is 0. The SMILES string of the molecule is CCCCCCC/C=C\CCCCCCCC(=O)OC(COC(=O)CCCCCCCCCC)COC(=O)CCCCCCCCCCCCCCCCCCCCCCCCC. The van der Waals surface area contributed by atoms with Crippen LogP contribution in [0.25, 0.3) is 0 Å². The molecule has 0 spiro atoms. The van der Waals surface area contributed by atoms with E-state index in [1.54, 1.807) is 0 Å². The number of rotatable bonds is 52. The Balaban J connectivity index is 4.13. The Hall–Kier alpha value is -1.85. The van der Waals surface area contributed by atoms with E-state index < -0.39 is 6.10 Å². The fraction of sp³-hybridized carbons (Fsp3) is 0.912. The van der Waals surface area contributed by atoms with Gasteiger partial charge in [-0.05, 0) is 44.9 Å². The van der Waals surface area contributed by atoms with E-state index in [2.05, 4.69) is 32.9 Å². The third kappa shape index (κ3) is 51.0. The van der Waals surface area contributed by atoms with Crippen molar-refractivity contribution >= 4 is 17.9 Å². The Bertz CT molecular complexity index is 978. The fourth-order valence-corrected chi connectivity index (χ4v) is 8.50. The Morgan fingerprint density at radius 1 is 0.302 bits per heavy atom. The number of allylic oxidation sites excluding steroid dienone is 2. The van der Waals surface area contributed by atoms with E-state index in [0.717, 1.165) is 64.2 Å². The van der Waals surface area contributed by atoms with Crippen LogP contribution in [0.4, 0.5) is 0 Å². The molecule has 0 aliphatic heterocycles. The fourth-order valence-electron chi connectivity index (χ4n) is 8.50. The highest BCUT2D eigenvalue weighted by Gasteiger charge is 2.19. The predicted octanol–water partition coefficient (Wildman–Crippen LogP) is 18.5. The van der Waals surface area contributed by atoms with Crippen molar-refractivity contribution in [3.63, 3.8) is 0 Å². The van der Waals surface area contributed by atoms with Gasteiger partial charge in [0.05, 0.1) is 0 Å². The molecule has 0 N–H and O–H groups in total. The molecule has 0 fully saturated rings. The number of carbonyl (C=O) groups is 3. The maximum absolute atomic E-state index is 12.8. The first-order chi connectivity index (χ1) is 31.0. The second-order valence-electron chi connectivity index (χ2n) is 19.2. The van der Waals surface area contributed by atoms with Crippen LogP contribution in [-0.2, 0) is 28.6 Å². The third-order valence-corrected chi connectivity index (χ3v) is 12.8. The summed E-state index contributed by atoms with van der Waals surface area (Å²) in [6.45, 7) is 6.64. The van der Waals surface area contributed by atoms with E-state index in [9.17, 15) is 14.4 Å². The molecule has 0 aromatic carbocycles. The minimum atomic E-state index is -0.767. The molecule has 0 rings (SSSR count). The maximum atomic E-state index is 12.8. The number of hydrogen-bond acceptors (Lipinski definition) is 6. The van der Waals surface area contributed by atoms with Crippen LogP contribution in [-0.4, -0.2) is 37.2 Å². The van der Waals surface area contributed by atoms with Crippen molar-refractivity contribution < 1.29 is 28.6 Å². The number of carbonyl (C=O) groups excluding carboxylic acids is 3. The van der Waals surface area contributed by atoms with E-state index >= 15 is 0 Å². The standard InChI is InChI=1S/C57H108O6/c1-4-7-10-13-16-19-21-23-25-26-27-28-29-30-31-32-33-35-36-38-41-44-47-50-56(59)62-53-54(52-61-55(58)49-46-43-40-18-15-12-9-6-3)63-57(60)51-48-45-42-39-37-34-24-22-20-17-14-11-8-5-2/h22,24,54H,4-21,23,25-53H2,1-3H3/b24-22-. The van der Waals surface area contributed by atoms with Gasteiger partial charge in [0, 0.05) is 19.3 Å². The largest absolute Gasteiger partial charge is 0.462 e. The van der Waals surface area contributed by atoms with Gasteiger partial charge < -0.3 is 14.2 Å². The van der Waals surface area contributed by atoms with Crippen LogP contribution in [0.5, 0.6) is 0 Å². The molecule has 0 saturated heterocycles. The molecular weight excluding hydrogens is 781 g/mol. The van der Waals surface area contributed by atoms with Crippen LogP contribution in [0, 0.1) is 0 Å². The molecule has 0 radical (unpaired) electrons. The monoisotopic (exact) mass is 889 g/mol. The van der Waals surface area contributed by atoms with Crippen molar-refractivity contribution in [1.82, 2.24) is 0 Å². The lowest BCUT2D eigenvalue weighted by Crippen LogP contribution is -2.30. The second kappa shape index (κ2) is 52.8. The van der Waals surface area contributed by atoms with Crippen LogP contribution in [0.15, 0.2) is 12.2 Å². The number of ether oxygens (including phenoxy) is 3. The third-order valence-electron chi connectivity index (χ3n) is 12.8. The van der Waals surface area contributed by atoms with E-state index in [-0.39, 0.29) is 31.1 Å². The van der Waals surface area contributed by atoms with E-state index in [0.29, 0.717) is 19.3 Å². The van der Waals surface area contributed by atoms with Crippen molar-refractivity contribution in [3.8, 4) is 0 Å². The van der Waals surface area contributed by atoms with Gasteiger partial charge in [-0.15, -0.1) is 0 Å². The summed E-state index contributed by atoms with van der Waals surface area (Å²) in [5.74, 6) is -0.862. The summed E-state index contributed by atoms with van der Waals surface area (Å²) in [6, 6.07) is 0. The van der Waals surface area contributed by atoms with Crippen molar-refractivity contribution in [1.29, 1.82) is 0 Å². The van der Waals surface area contributed by atoms with Gasteiger partial charge in [0.25, 0.3) is 0 Å². The Kier molecular flexibility index (Phi) is 51.2. The van der Waals surface area contributed by atoms with Crippen molar-refractivity contribution in [2.24, 2.45) is 0 Å². The molecule has 0 heterocycles. The van der Waals surface area contributed by atoms with Gasteiger partial charge in [0.15, 0.2) is 6.10 Å². The van der Waals surface area contributed by atoms with Gasteiger partial charge in [0.2, 0.25) is 0 Å². The molecule has 6 nitrogen and oxygen atoms in total. The zero-order valence-electron chi connectivity index (χ0n) is 42.6. The van der Waals surface area contributed by atoms with Crippen LogP contribution >= 0.6 is 0 Å². The summed E-state index contributed by atoms with van der Waals surface area (Å²) in [6.07, 6.45) is 59.4. The highest BCUT2D eigenvalue weighted by molar-refractivity contribution is 5.71. The van der Waals surface area contributed by atoms with Crippen molar-refractivity contribution in [2.45, 2.75) is 322 Å². The molecule has 1 unspecified atom stereocenters. The summed E-state index contributed by atoms with van der Waals surface area (Å²) in [5, 5.41) is 0.